The minimum Gasteiger partial charge on any atom is -0.364 e. The van der Waals surface area contributed by atoms with Crippen molar-refractivity contribution in [2.45, 2.75) is 25.0 Å². The largest absolute Gasteiger partial charge is 0.364 e. The van der Waals surface area contributed by atoms with Gasteiger partial charge in [0, 0.05) is 6.54 Å². The molecule has 0 radical (unpaired) electrons. The average molecular weight is 160 g/mol. The molecule has 11 heavy (non-hydrogen) atoms. The van der Waals surface area contributed by atoms with Crippen LogP contribution in [0, 0.1) is 0 Å². The van der Waals surface area contributed by atoms with Gasteiger partial charge in [-0.25, -0.2) is 5.48 Å². The Balaban J connectivity index is 2.35. The molecule has 1 aliphatic heterocycles. The van der Waals surface area contributed by atoms with Crippen LogP contribution in [-0.4, -0.2) is 29.9 Å². The van der Waals surface area contributed by atoms with Crippen LogP contribution in [0.4, 0.5) is 0 Å². The summed E-state index contributed by atoms with van der Waals surface area (Å²) in [4.78, 5) is 10.7. The zero-order valence-corrected chi connectivity index (χ0v) is 6.12. The Kier molecular flexibility index (Phi) is 2.81. The van der Waals surface area contributed by atoms with E-state index < -0.39 is 12.0 Å². The van der Waals surface area contributed by atoms with E-state index in [0.29, 0.717) is 13.0 Å². The smallest absolute Gasteiger partial charge is 0.272 e. The number of rotatable bonds is 2. The third-order valence-electron chi connectivity index (χ3n) is 1.77. The first-order valence-electron chi connectivity index (χ1n) is 3.57. The summed E-state index contributed by atoms with van der Waals surface area (Å²) in [7, 11) is 0. The molecule has 0 aliphatic carbocycles. The highest BCUT2D eigenvalue weighted by Gasteiger charge is 2.29. The molecule has 2 unspecified atom stereocenters. The molecule has 5 heteroatoms. The van der Waals surface area contributed by atoms with Crippen LogP contribution in [0.1, 0.15) is 12.8 Å². The number of carbonyl (C=O) groups is 1. The number of hydroxylamine groups is 1. The molecule has 0 spiro atoms. The summed E-state index contributed by atoms with van der Waals surface area (Å²) < 4.78 is 5.17. The number of nitrogens with one attached hydrogen (secondary N) is 1. The molecule has 1 aliphatic rings. The van der Waals surface area contributed by atoms with Gasteiger partial charge in [0.25, 0.3) is 5.91 Å². The van der Waals surface area contributed by atoms with Crippen molar-refractivity contribution in [1.29, 1.82) is 0 Å². The van der Waals surface area contributed by atoms with Crippen molar-refractivity contribution in [3.8, 4) is 0 Å². The molecule has 0 aromatic rings. The van der Waals surface area contributed by atoms with E-state index >= 15 is 0 Å². The molecular formula is C6H12N2O3. The molecule has 0 bridgehead atoms. The number of amides is 1. The predicted molar refractivity (Wildman–Crippen MR) is 36.9 cm³/mol. The van der Waals surface area contributed by atoms with E-state index in [0.717, 1.165) is 6.42 Å². The van der Waals surface area contributed by atoms with Crippen molar-refractivity contribution in [1.82, 2.24) is 5.48 Å². The maximum absolute atomic E-state index is 10.7. The molecule has 2 atom stereocenters. The lowest BCUT2D eigenvalue weighted by molar-refractivity contribution is -0.140. The maximum atomic E-state index is 10.7. The first-order valence-corrected chi connectivity index (χ1v) is 3.57. The highest BCUT2D eigenvalue weighted by atomic mass is 16.5. The van der Waals surface area contributed by atoms with Crippen molar-refractivity contribution in [3.05, 3.63) is 0 Å². The molecular weight excluding hydrogens is 148 g/mol. The van der Waals surface area contributed by atoms with E-state index in [4.69, 9.17) is 15.7 Å². The molecule has 0 aromatic carbocycles. The van der Waals surface area contributed by atoms with Gasteiger partial charge in [0.1, 0.15) is 6.10 Å². The van der Waals surface area contributed by atoms with Gasteiger partial charge in [0.05, 0.1) is 6.10 Å². The highest BCUT2D eigenvalue weighted by Crippen LogP contribution is 2.18. The normalized spacial score (nSPS) is 30.4. The van der Waals surface area contributed by atoms with Crippen molar-refractivity contribution < 1.29 is 14.7 Å². The molecule has 1 saturated heterocycles. The fraction of sp³-hybridized carbons (Fsp3) is 0.833. The molecule has 0 saturated carbocycles. The third kappa shape index (κ3) is 1.89. The summed E-state index contributed by atoms with van der Waals surface area (Å²) >= 11 is 0. The minimum atomic E-state index is -0.520. The number of hydrogen-bond donors (Lipinski definition) is 3. The molecule has 1 heterocycles. The van der Waals surface area contributed by atoms with E-state index in [-0.39, 0.29) is 6.10 Å². The van der Waals surface area contributed by atoms with Crippen LogP contribution < -0.4 is 11.2 Å². The van der Waals surface area contributed by atoms with Gasteiger partial charge < -0.3 is 10.5 Å². The second-order valence-corrected chi connectivity index (χ2v) is 2.54. The van der Waals surface area contributed by atoms with Crippen LogP contribution in [-0.2, 0) is 9.53 Å². The zero-order valence-electron chi connectivity index (χ0n) is 6.12. The summed E-state index contributed by atoms with van der Waals surface area (Å²) in [5.41, 5.74) is 6.87. The molecule has 0 aromatic heterocycles. The summed E-state index contributed by atoms with van der Waals surface area (Å²) in [6.07, 6.45) is 0.869. The van der Waals surface area contributed by atoms with Crippen molar-refractivity contribution >= 4 is 5.91 Å². The van der Waals surface area contributed by atoms with Crippen LogP contribution in [0.3, 0.4) is 0 Å². The number of ether oxygens (including phenoxy) is 1. The second kappa shape index (κ2) is 3.66. The molecule has 4 N–H and O–H groups in total. The van der Waals surface area contributed by atoms with E-state index in [1.54, 1.807) is 5.48 Å². The zero-order chi connectivity index (χ0) is 8.27. The van der Waals surface area contributed by atoms with Gasteiger partial charge in [-0.3, -0.25) is 10.0 Å². The summed E-state index contributed by atoms with van der Waals surface area (Å²) in [6.45, 7) is 0.426. The third-order valence-corrected chi connectivity index (χ3v) is 1.77. The number of hydrogen-bond acceptors (Lipinski definition) is 4. The topological polar surface area (TPSA) is 84.6 Å². The standard InChI is InChI=1S/C6H12N2O3/c7-3-4-1-2-5(11-4)6(9)8-10/h4-5,10H,1-3,7H2,(H,8,9). The lowest BCUT2D eigenvalue weighted by Crippen LogP contribution is -2.33. The summed E-state index contributed by atoms with van der Waals surface area (Å²) in [6, 6.07) is 0. The van der Waals surface area contributed by atoms with Gasteiger partial charge in [-0.2, -0.15) is 0 Å². The van der Waals surface area contributed by atoms with Crippen LogP contribution in [0.5, 0.6) is 0 Å². The Hall–Kier alpha value is -0.650. The van der Waals surface area contributed by atoms with Gasteiger partial charge in [-0.05, 0) is 12.8 Å². The Morgan fingerprint density at radius 3 is 2.91 bits per heavy atom. The molecule has 1 amide bonds. The highest BCUT2D eigenvalue weighted by molar-refractivity contribution is 5.79. The van der Waals surface area contributed by atoms with Gasteiger partial charge in [0.2, 0.25) is 0 Å². The predicted octanol–water partition coefficient (Wildman–Crippen LogP) is -1.00. The van der Waals surface area contributed by atoms with Crippen LogP contribution >= 0.6 is 0 Å². The molecule has 5 nitrogen and oxygen atoms in total. The summed E-state index contributed by atoms with van der Waals surface area (Å²) in [5.74, 6) is -0.485. The van der Waals surface area contributed by atoms with Gasteiger partial charge in [-0.1, -0.05) is 0 Å². The van der Waals surface area contributed by atoms with E-state index in [1.807, 2.05) is 0 Å². The van der Waals surface area contributed by atoms with Gasteiger partial charge >= 0.3 is 0 Å². The fourth-order valence-electron chi connectivity index (χ4n) is 1.14. The second-order valence-electron chi connectivity index (χ2n) is 2.54. The average Bonchev–Trinajstić information content (AvgIpc) is 2.50. The van der Waals surface area contributed by atoms with Gasteiger partial charge in [0.15, 0.2) is 0 Å². The lowest BCUT2D eigenvalue weighted by atomic mass is 10.2. The monoisotopic (exact) mass is 160 g/mol. The Morgan fingerprint density at radius 2 is 2.45 bits per heavy atom. The molecule has 1 fully saturated rings. The van der Waals surface area contributed by atoms with Crippen molar-refractivity contribution in [2.24, 2.45) is 5.73 Å². The van der Waals surface area contributed by atoms with E-state index in [2.05, 4.69) is 0 Å². The van der Waals surface area contributed by atoms with E-state index in [9.17, 15) is 4.79 Å². The van der Waals surface area contributed by atoms with Crippen LogP contribution in [0.15, 0.2) is 0 Å². The Labute approximate surface area is 64.5 Å². The minimum absolute atomic E-state index is 0.0303. The number of nitrogens with two attached hydrogens (primary N) is 1. The van der Waals surface area contributed by atoms with E-state index in [1.165, 1.54) is 0 Å². The van der Waals surface area contributed by atoms with Crippen LogP contribution in [0.25, 0.3) is 0 Å². The summed E-state index contributed by atoms with van der Waals surface area (Å²) in [5, 5.41) is 8.24. The molecule has 64 valence electrons. The van der Waals surface area contributed by atoms with Crippen molar-refractivity contribution in [3.63, 3.8) is 0 Å². The lowest BCUT2D eigenvalue weighted by Gasteiger charge is -2.09. The van der Waals surface area contributed by atoms with Gasteiger partial charge in [-0.15, -0.1) is 0 Å². The number of carbonyl (C=O) groups excluding carboxylic acids is 1. The SMILES string of the molecule is NCC1CCC(C(=O)NO)O1. The fourth-order valence-corrected chi connectivity index (χ4v) is 1.14. The quantitative estimate of drug-likeness (QED) is 0.357. The van der Waals surface area contributed by atoms with Crippen LogP contribution in [0.2, 0.25) is 0 Å². The first-order chi connectivity index (χ1) is 5.27. The Morgan fingerprint density at radius 1 is 1.73 bits per heavy atom. The Bertz CT molecular complexity index is 151. The van der Waals surface area contributed by atoms with Crippen molar-refractivity contribution in [2.75, 3.05) is 6.54 Å². The molecule has 1 rings (SSSR count). The maximum Gasteiger partial charge on any atom is 0.272 e. The first kappa shape index (κ1) is 8.45.